The van der Waals surface area contributed by atoms with Gasteiger partial charge in [0.15, 0.2) is 24.0 Å². The average Bonchev–Trinajstić information content (AvgIpc) is 2.96. The van der Waals surface area contributed by atoms with Gasteiger partial charge in [-0.25, -0.2) is 19.6 Å². The SMILES string of the molecule is O=C(OC[C@H]1O[C@H](O[C@H]2O[C@H](COC(=O)c3cnccn3)[C@@H](O)[C@H](O)[C@H]2O)[C@H](O)[C@@H](O)[C@@H]1O)c1cnccn1. The fourth-order valence-electron chi connectivity index (χ4n) is 3.74. The maximum absolute atomic E-state index is 12.1. The van der Waals surface area contributed by atoms with Crippen LogP contribution in [0.5, 0.6) is 0 Å². The summed E-state index contributed by atoms with van der Waals surface area (Å²) in [5, 5.41) is 61.9. The van der Waals surface area contributed by atoms with Crippen LogP contribution < -0.4 is 0 Å². The van der Waals surface area contributed by atoms with Crippen LogP contribution >= 0.6 is 0 Å². The van der Waals surface area contributed by atoms with Gasteiger partial charge in [-0.2, -0.15) is 0 Å². The van der Waals surface area contributed by atoms with Crippen LogP contribution in [0, 0.1) is 0 Å². The first-order chi connectivity index (χ1) is 18.7. The molecule has 6 N–H and O–H groups in total. The van der Waals surface area contributed by atoms with E-state index in [1.165, 1.54) is 24.8 Å². The topological polar surface area (TPSA) is 253 Å². The monoisotopic (exact) mass is 554 g/mol. The molecule has 2 aliphatic heterocycles. The first-order valence-electron chi connectivity index (χ1n) is 11.6. The lowest BCUT2D eigenvalue weighted by Crippen LogP contribution is -2.64. The molecule has 0 amide bonds. The third kappa shape index (κ3) is 6.67. The van der Waals surface area contributed by atoms with Crippen molar-refractivity contribution in [2.75, 3.05) is 13.2 Å². The largest absolute Gasteiger partial charge is 0.458 e. The Hall–Kier alpha value is -3.26. The van der Waals surface area contributed by atoms with Gasteiger partial charge in [-0.3, -0.25) is 9.97 Å². The Balaban J connectivity index is 1.38. The summed E-state index contributed by atoms with van der Waals surface area (Å²) in [4.78, 5) is 39.3. The Morgan fingerprint density at radius 3 is 1.41 bits per heavy atom. The lowest BCUT2D eigenvalue weighted by molar-refractivity contribution is -0.376. The molecular weight excluding hydrogens is 528 g/mol. The summed E-state index contributed by atoms with van der Waals surface area (Å²) in [6.45, 7) is -1.20. The first-order valence-corrected chi connectivity index (χ1v) is 11.6. The fraction of sp³-hybridized carbons (Fsp3) is 0.545. The second-order valence-corrected chi connectivity index (χ2v) is 8.54. The summed E-state index contributed by atoms with van der Waals surface area (Å²) < 4.78 is 26.4. The molecule has 0 aromatic carbocycles. The van der Waals surface area contributed by atoms with Crippen molar-refractivity contribution >= 4 is 11.9 Å². The molecule has 2 aromatic heterocycles. The van der Waals surface area contributed by atoms with Crippen molar-refractivity contribution < 1.29 is 63.9 Å². The molecule has 0 bridgehead atoms. The van der Waals surface area contributed by atoms with Gasteiger partial charge in [-0.1, -0.05) is 0 Å². The normalized spacial score (nSPS) is 34.7. The molecule has 10 atom stereocenters. The fourth-order valence-corrected chi connectivity index (χ4v) is 3.74. The maximum Gasteiger partial charge on any atom is 0.358 e. The molecule has 17 nitrogen and oxygen atoms in total. The maximum atomic E-state index is 12.1. The highest BCUT2D eigenvalue weighted by Crippen LogP contribution is 2.28. The highest BCUT2D eigenvalue weighted by Gasteiger charge is 2.50. The molecule has 39 heavy (non-hydrogen) atoms. The molecule has 2 aliphatic rings. The van der Waals surface area contributed by atoms with E-state index in [2.05, 4.69) is 19.9 Å². The van der Waals surface area contributed by atoms with Gasteiger partial charge in [0.1, 0.15) is 62.0 Å². The van der Waals surface area contributed by atoms with Crippen LogP contribution in [0.25, 0.3) is 0 Å². The highest BCUT2D eigenvalue weighted by atomic mass is 16.8. The van der Waals surface area contributed by atoms with Crippen molar-refractivity contribution in [2.45, 2.75) is 61.4 Å². The molecule has 4 rings (SSSR count). The summed E-state index contributed by atoms with van der Waals surface area (Å²) in [6.07, 6.45) is -9.73. The summed E-state index contributed by atoms with van der Waals surface area (Å²) >= 11 is 0. The Bertz CT molecular complexity index is 1010. The molecule has 0 aliphatic carbocycles. The van der Waals surface area contributed by atoms with Gasteiger partial charge in [0.2, 0.25) is 0 Å². The number of esters is 2. The Morgan fingerprint density at radius 1 is 0.641 bits per heavy atom. The van der Waals surface area contributed by atoms with Crippen molar-refractivity contribution in [3.05, 3.63) is 48.6 Å². The van der Waals surface area contributed by atoms with E-state index < -0.39 is 86.6 Å². The smallest absolute Gasteiger partial charge is 0.358 e. The Labute approximate surface area is 219 Å². The van der Waals surface area contributed by atoms with E-state index in [1.807, 2.05) is 0 Å². The molecule has 17 heteroatoms. The number of carbonyl (C=O) groups is 2. The molecule has 2 saturated heterocycles. The third-order valence-electron chi connectivity index (χ3n) is 5.91. The molecular formula is C22H26N4O13. The third-order valence-corrected chi connectivity index (χ3v) is 5.91. The number of hydrogen-bond donors (Lipinski definition) is 6. The van der Waals surface area contributed by atoms with Gasteiger partial charge in [0, 0.05) is 24.8 Å². The lowest BCUT2D eigenvalue weighted by atomic mass is 9.98. The molecule has 0 radical (unpaired) electrons. The molecule has 0 spiro atoms. The standard InChI is InChI=1S/C22H26N4O13/c27-13-11(7-35-19(33)9-5-23-1-3-25-9)37-21(17(31)15(13)29)39-22-18(32)16(30)14(28)12(38-22)8-36-20(34)10-6-24-2-4-26-10/h1-6,11-18,21-22,27-32H,7-8H2/t11-,12-,13-,14-,15+,16+,17-,18-,21-,22-/m1/s1. The van der Waals surface area contributed by atoms with Crippen LogP contribution in [0.4, 0.5) is 0 Å². The van der Waals surface area contributed by atoms with Crippen LogP contribution in [0.15, 0.2) is 37.2 Å². The molecule has 0 saturated carbocycles. The van der Waals surface area contributed by atoms with E-state index in [9.17, 15) is 40.2 Å². The van der Waals surface area contributed by atoms with E-state index in [0.29, 0.717) is 0 Å². The van der Waals surface area contributed by atoms with E-state index in [-0.39, 0.29) is 11.4 Å². The quantitative estimate of drug-likeness (QED) is 0.170. The molecule has 4 heterocycles. The zero-order chi connectivity index (χ0) is 28.1. The number of carbonyl (C=O) groups excluding carboxylic acids is 2. The summed E-state index contributed by atoms with van der Waals surface area (Å²) in [7, 11) is 0. The predicted molar refractivity (Wildman–Crippen MR) is 119 cm³/mol. The number of rotatable bonds is 8. The highest BCUT2D eigenvalue weighted by molar-refractivity contribution is 5.87. The van der Waals surface area contributed by atoms with Gasteiger partial charge in [0.25, 0.3) is 0 Å². The van der Waals surface area contributed by atoms with Crippen molar-refractivity contribution in [1.29, 1.82) is 0 Å². The minimum atomic E-state index is -1.88. The second-order valence-electron chi connectivity index (χ2n) is 8.54. The van der Waals surface area contributed by atoms with Gasteiger partial charge in [0.05, 0.1) is 12.4 Å². The number of ether oxygens (including phenoxy) is 5. The van der Waals surface area contributed by atoms with Gasteiger partial charge >= 0.3 is 11.9 Å². The van der Waals surface area contributed by atoms with Crippen LogP contribution in [0.3, 0.4) is 0 Å². The number of nitrogens with zero attached hydrogens (tertiary/aromatic N) is 4. The minimum absolute atomic E-state index is 0.131. The number of aliphatic hydroxyl groups is 6. The average molecular weight is 554 g/mol. The lowest BCUT2D eigenvalue weighted by Gasteiger charge is -2.44. The number of hydrogen-bond acceptors (Lipinski definition) is 17. The Kier molecular flexibility index (Phi) is 9.38. The number of aromatic nitrogens is 4. The number of aliphatic hydroxyl groups excluding tert-OH is 6. The first kappa shape index (κ1) is 28.7. The van der Waals surface area contributed by atoms with Crippen LogP contribution in [0.2, 0.25) is 0 Å². The van der Waals surface area contributed by atoms with Gasteiger partial charge in [-0.15, -0.1) is 0 Å². The van der Waals surface area contributed by atoms with Crippen molar-refractivity contribution in [2.24, 2.45) is 0 Å². The summed E-state index contributed by atoms with van der Waals surface area (Å²) in [5.41, 5.74) is -0.262. The molecule has 2 aromatic rings. The van der Waals surface area contributed by atoms with E-state index in [0.717, 1.165) is 12.4 Å². The van der Waals surface area contributed by atoms with Crippen LogP contribution in [-0.2, 0) is 23.7 Å². The predicted octanol–water partition coefficient (Wildman–Crippen LogP) is -4.09. The van der Waals surface area contributed by atoms with Crippen molar-refractivity contribution in [3.8, 4) is 0 Å². The molecule has 0 unspecified atom stereocenters. The summed E-state index contributed by atoms with van der Waals surface area (Å²) in [6, 6.07) is 0. The zero-order valence-electron chi connectivity index (χ0n) is 20.0. The van der Waals surface area contributed by atoms with E-state index >= 15 is 0 Å². The van der Waals surface area contributed by atoms with Crippen LogP contribution in [-0.4, -0.2) is 137 Å². The zero-order valence-corrected chi connectivity index (χ0v) is 20.0. The second kappa shape index (κ2) is 12.7. The molecule has 212 valence electrons. The van der Waals surface area contributed by atoms with Crippen molar-refractivity contribution in [1.82, 2.24) is 19.9 Å². The summed E-state index contributed by atoms with van der Waals surface area (Å²) in [5.74, 6) is -1.81. The molecule has 2 fully saturated rings. The van der Waals surface area contributed by atoms with E-state index in [1.54, 1.807) is 0 Å². The van der Waals surface area contributed by atoms with Gasteiger partial charge < -0.3 is 54.3 Å². The van der Waals surface area contributed by atoms with E-state index in [4.69, 9.17) is 23.7 Å². The Morgan fingerprint density at radius 2 is 1.05 bits per heavy atom. The van der Waals surface area contributed by atoms with Crippen LogP contribution in [0.1, 0.15) is 21.0 Å². The minimum Gasteiger partial charge on any atom is -0.458 e. The van der Waals surface area contributed by atoms with Gasteiger partial charge in [-0.05, 0) is 0 Å². The van der Waals surface area contributed by atoms with Crippen molar-refractivity contribution in [3.63, 3.8) is 0 Å².